The Hall–Kier alpha value is -4.72. The van der Waals surface area contributed by atoms with Crippen LogP contribution in [0.2, 0.25) is 0 Å². The average Bonchev–Trinajstić information content (AvgIpc) is 3.70. The van der Waals surface area contributed by atoms with Gasteiger partial charge in [0.05, 0.1) is 30.2 Å². The number of aromatic amines is 1. The molecular weight excluding hydrogens is 529 g/mol. The maximum atomic E-state index is 13.9. The number of halogens is 1. The number of carbonyl (C=O) groups excluding carboxylic acids is 1. The Morgan fingerprint density at radius 1 is 1.20 bits per heavy atom. The number of rotatable bonds is 8. The van der Waals surface area contributed by atoms with E-state index in [-0.39, 0.29) is 0 Å². The van der Waals surface area contributed by atoms with Crippen molar-refractivity contribution in [3.63, 3.8) is 0 Å². The van der Waals surface area contributed by atoms with E-state index in [0.717, 1.165) is 22.2 Å². The number of urea groups is 1. The van der Waals surface area contributed by atoms with Gasteiger partial charge in [-0.05, 0) is 42.8 Å². The van der Waals surface area contributed by atoms with Gasteiger partial charge < -0.3 is 10.1 Å². The zero-order valence-corrected chi connectivity index (χ0v) is 22.4. The van der Waals surface area contributed by atoms with Crippen LogP contribution in [0.25, 0.3) is 28.0 Å². The number of hydrogen-bond donors (Lipinski definition) is 3. The maximum absolute atomic E-state index is 13.9. The highest BCUT2D eigenvalue weighted by molar-refractivity contribution is 5.91. The van der Waals surface area contributed by atoms with Gasteiger partial charge in [-0.2, -0.15) is 19.7 Å². The SMILES string of the molecule is COCCN1C[C@@H](NC(=O)Nc2c(C)c(-c3cnc4[nH]ncc4c3)nn2-c2ccccc2)[C@H](c2ccnc(F)c2)O1. The minimum atomic E-state index is -0.623. The fourth-order valence-corrected chi connectivity index (χ4v) is 4.89. The monoisotopic (exact) mass is 557 g/mol. The average molecular weight is 558 g/mol. The maximum Gasteiger partial charge on any atom is 0.320 e. The van der Waals surface area contributed by atoms with Gasteiger partial charge in [0.15, 0.2) is 5.65 Å². The molecule has 0 unspecified atom stereocenters. The Kier molecular flexibility index (Phi) is 7.37. The van der Waals surface area contributed by atoms with Crippen LogP contribution in [0.1, 0.15) is 17.2 Å². The largest absolute Gasteiger partial charge is 0.383 e. The van der Waals surface area contributed by atoms with Crippen molar-refractivity contribution in [1.29, 1.82) is 0 Å². The van der Waals surface area contributed by atoms with Gasteiger partial charge in [-0.15, -0.1) is 0 Å². The van der Waals surface area contributed by atoms with Crippen molar-refractivity contribution < 1.29 is 18.8 Å². The quantitative estimate of drug-likeness (QED) is 0.246. The molecule has 3 N–H and O–H groups in total. The first-order valence-corrected chi connectivity index (χ1v) is 13.0. The van der Waals surface area contributed by atoms with Gasteiger partial charge in [-0.25, -0.2) is 19.4 Å². The van der Waals surface area contributed by atoms with Crippen molar-refractivity contribution in [3.8, 4) is 16.9 Å². The Labute approximate surface area is 234 Å². The minimum absolute atomic E-state index is 0.379. The van der Waals surface area contributed by atoms with E-state index in [4.69, 9.17) is 14.7 Å². The summed E-state index contributed by atoms with van der Waals surface area (Å²) in [6.07, 6.45) is 4.19. The summed E-state index contributed by atoms with van der Waals surface area (Å²) >= 11 is 0. The third-order valence-corrected chi connectivity index (χ3v) is 6.89. The van der Waals surface area contributed by atoms with Gasteiger partial charge in [0.25, 0.3) is 0 Å². The van der Waals surface area contributed by atoms with E-state index in [1.165, 1.54) is 12.3 Å². The van der Waals surface area contributed by atoms with Gasteiger partial charge >= 0.3 is 6.03 Å². The second kappa shape index (κ2) is 11.4. The summed E-state index contributed by atoms with van der Waals surface area (Å²) in [6.45, 7) is 3.20. The lowest BCUT2D eigenvalue weighted by atomic mass is 10.0. The van der Waals surface area contributed by atoms with Crippen LogP contribution in [0.15, 0.2) is 67.1 Å². The number of aromatic nitrogens is 6. The molecule has 1 fully saturated rings. The summed E-state index contributed by atoms with van der Waals surface area (Å²) in [5.41, 5.74) is 4.22. The van der Waals surface area contributed by atoms with Crippen LogP contribution in [-0.2, 0) is 9.57 Å². The normalized spacial score (nSPS) is 17.2. The Bertz CT molecular complexity index is 1670. The first kappa shape index (κ1) is 26.5. The van der Waals surface area contributed by atoms with Crippen molar-refractivity contribution in [1.82, 2.24) is 40.3 Å². The molecule has 0 aliphatic carbocycles. The molecule has 2 atom stereocenters. The number of amides is 2. The number of para-hydroxylation sites is 1. The second-order valence-electron chi connectivity index (χ2n) is 9.63. The lowest BCUT2D eigenvalue weighted by Gasteiger charge is -2.19. The fourth-order valence-electron chi connectivity index (χ4n) is 4.89. The molecule has 6 rings (SSSR count). The molecule has 1 aliphatic rings. The van der Waals surface area contributed by atoms with Crippen LogP contribution in [0.3, 0.4) is 0 Å². The molecule has 12 nitrogen and oxygen atoms in total. The molecule has 1 aromatic carbocycles. The first-order chi connectivity index (χ1) is 20.0. The molecule has 1 saturated heterocycles. The van der Waals surface area contributed by atoms with Crippen LogP contribution in [0, 0.1) is 12.9 Å². The number of fused-ring (bicyclic) bond motifs is 1. The highest BCUT2D eigenvalue weighted by Crippen LogP contribution is 2.32. The molecule has 41 heavy (non-hydrogen) atoms. The number of anilines is 1. The van der Waals surface area contributed by atoms with E-state index in [2.05, 4.69) is 30.8 Å². The molecule has 4 aromatic heterocycles. The number of nitrogens with one attached hydrogen (secondary N) is 3. The summed E-state index contributed by atoms with van der Waals surface area (Å²) in [6, 6.07) is 13.5. The van der Waals surface area contributed by atoms with Gasteiger partial charge in [0.1, 0.15) is 11.9 Å². The van der Waals surface area contributed by atoms with Gasteiger partial charge in [0, 0.05) is 49.1 Å². The lowest BCUT2D eigenvalue weighted by Crippen LogP contribution is -2.42. The number of hydroxylamine groups is 2. The molecule has 210 valence electrons. The summed E-state index contributed by atoms with van der Waals surface area (Å²) in [5, 5.41) is 20.3. The van der Waals surface area contributed by atoms with Crippen LogP contribution in [0.5, 0.6) is 0 Å². The van der Waals surface area contributed by atoms with E-state index in [1.807, 2.05) is 43.3 Å². The number of H-pyrrole nitrogens is 1. The minimum Gasteiger partial charge on any atom is -0.383 e. The molecule has 0 spiro atoms. The van der Waals surface area contributed by atoms with E-state index < -0.39 is 24.1 Å². The standard InChI is InChI=1S/C28H28FN9O3/c1-17-24(19-12-20-15-32-35-26(20)31-14-19)36-38(21-6-4-3-5-7-21)27(17)34-28(39)33-22-16-37(10-11-40-2)41-25(22)18-8-9-30-23(29)13-18/h3-9,12-15,22,25H,10-11,16H2,1-2H3,(H,31,32,35)(H2,33,34,39)/t22-,25+/m1/s1. The second-order valence-corrected chi connectivity index (χ2v) is 9.63. The predicted octanol–water partition coefficient (Wildman–Crippen LogP) is 3.78. The summed E-state index contributed by atoms with van der Waals surface area (Å²) in [4.78, 5) is 27.6. The van der Waals surface area contributed by atoms with Crippen molar-refractivity contribution in [2.75, 3.05) is 32.1 Å². The Balaban J connectivity index is 1.29. The zero-order valence-electron chi connectivity index (χ0n) is 22.4. The molecule has 0 bridgehead atoms. The number of ether oxygens (including phenoxy) is 1. The smallest absolute Gasteiger partial charge is 0.320 e. The zero-order chi connectivity index (χ0) is 28.3. The third-order valence-electron chi connectivity index (χ3n) is 6.89. The van der Waals surface area contributed by atoms with Gasteiger partial charge in [0.2, 0.25) is 5.95 Å². The molecule has 1 aliphatic heterocycles. The number of benzene rings is 1. The number of methoxy groups -OCH3 is 1. The molecule has 2 amide bonds. The highest BCUT2D eigenvalue weighted by atomic mass is 19.1. The van der Waals surface area contributed by atoms with E-state index in [9.17, 15) is 9.18 Å². The third kappa shape index (κ3) is 5.50. The predicted molar refractivity (Wildman–Crippen MR) is 149 cm³/mol. The molecular formula is C28H28FN9O3. The van der Waals surface area contributed by atoms with E-state index >= 15 is 0 Å². The Morgan fingerprint density at radius 2 is 2.05 bits per heavy atom. The Morgan fingerprint density at radius 3 is 2.85 bits per heavy atom. The number of nitrogens with zero attached hydrogens (tertiary/aromatic N) is 6. The summed E-state index contributed by atoms with van der Waals surface area (Å²) in [5.74, 6) is -0.125. The molecule has 5 aromatic rings. The van der Waals surface area contributed by atoms with Crippen LogP contribution >= 0.6 is 0 Å². The molecule has 5 heterocycles. The van der Waals surface area contributed by atoms with Crippen LogP contribution in [0.4, 0.5) is 15.0 Å². The molecule has 0 saturated carbocycles. The highest BCUT2D eigenvalue weighted by Gasteiger charge is 2.37. The lowest BCUT2D eigenvalue weighted by molar-refractivity contribution is -0.154. The van der Waals surface area contributed by atoms with Gasteiger partial charge in [-0.1, -0.05) is 18.2 Å². The van der Waals surface area contributed by atoms with Crippen LogP contribution < -0.4 is 10.6 Å². The topological polar surface area (TPSA) is 135 Å². The first-order valence-electron chi connectivity index (χ1n) is 13.0. The van der Waals surface area contributed by atoms with Crippen molar-refractivity contribution in [3.05, 3.63) is 84.2 Å². The van der Waals surface area contributed by atoms with Gasteiger partial charge in [-0.3, -0.25) is 15.3 Å². The van der Waals surface area contributed by atoms with E-state index in [1.54, 1.807) is 35.3 Å². The van der Waals surface area contributed by atoms with Crippen molar-refractivity contribution in [2.45, 2.75) is 19.1 Å². The molecule has 13 heteroatoms. The van der Waals surface area contributed by atoms with Crippen molar-refractivity contribution in [2.24, 2.45) is 0 Å². The number of pyridine rings is 2. The fraction of sp³-hybridized carbons (Fsp3) is 0.250. The summed E-state index contributed by atoms with van der Waals surface area (Å²) < 4.78 is 20.8. The summed E-state index contributed by atoms with van der Waals surface area (Å²) in [7, 11) is 1.60. The van der Waals surface area contributed by atoms with E-state index in [0.29, 0.717) is 42.4 Å². The number of carbonyl (C=O) groups is 1. The van der Waals surface area contributed by atoms with Crippen LogP contribution in [-0.4, -0.2) is 73.9 Å². The number of hydrogen-bond acceptors (Lipinski definition) is 8. The van der Waals surface area contributed by atoms with Crippen molar-refractivity contribution >= 4 is 22.9 Å². The molecule has 0 radical (unpaired) electrons.